The van der Waals surface area contributed by atoms with Crippen LogP contribution in [0.1, 0.15) is 74.6 Å². The van der Waals surface area contributed by atoms with Gasteiger partial charge in [-0.05, 0) is 121 Å². The molecule has 204 valence electrons. The maximum absolute atomic E-state index is 6.24. The van der Waals surface area contributed by atoms with Crippen LogP contribution in [0, 0.1) is 0 Å². The summed E-state index contributed by atoms with van der Waals surface area (Å²) in [6.07, 6.45) is 7.36. The van der Waals surface area contributed by atoms with E-state index in [1.165, 1.54) is 22.3 Å². The Hall–Kier alpha value is -3.92. The first kappa shape index (κ1) is 28.1. The van der Waals surface area contributed by atoms with Crippen LogP contribution >= 0.6 is 0 Å². The van der Waals surface area contributed by atoms with Gasteiger partial charge in [-0.2, -0.15) is 0 Å². The monoisotopic (exact) mass is 522 g/mol. The highest BCUT2D eigenvalue weighted by Crippen LogP contribution is 2.34. The molecule has 4 aromatic carbocycles. The minimum atomic E-state index is 0.492. The predicted octanol–water partition coefficient (Wildman–Crippen LogP) is 9.47. The van der Waals surface area contributed by atoms with E-state index in [0.29, 0.717) is 5.92 Å². The molecule has 0 bridgehead atoms. The minimum Gasteiger partial charge on any atom is -0.457 e. The number of hydrogen-bond acceptors (Lipinski definition) is 4. The molecule has 4 aromatic rings. The van der Waals surface area contributed by atoms with E-state index in [2.05, 4.69) is 57.2 Å². The summed E-state index contributed by atoms with van der Waals surface area (Å²) in [5, 5.41) is 0. The van der Waals surface area contributed by atoms with E-state index < -0.39 is 0 Å². The Bertz CT molecular complexity index is 1330. The molecular formula is C35H42N2O2. The number of hydrogen-bond donors (Lipinski definition) is 2. The molecule has 0 spiro atoms. The summed E-state index contributed by atoms with van der Waals surface area (Å²) in [6, 6.07) is 28.6. The second-order valence-electron chi connectivity index (χ2n) is 10.3. The predicted molar refractivity (Wildman–Crippen MR) is 164 cm³/mol. The third-order valence-electron chi connectivity index (χ3n) is 7.21. The maximum Gasteiger partial charge on any atom is 0.130 e. The molecule has 0 fully saturated rings. The summed E-state index contributed by atoms with van der Waals surface area (Å²) in [6.45, 7) is 6.71. The fraction of sp³-hybridized carbons (Fsp3) is 0.314. The number of aryl methyl sites for hydroxylation is 3. The zero-order valence-electron chi connectivity index (χ0n) is 23.6. The Morgan fingerprint density at radius 1 is 0.590 bits per heavy atom. The van der Waals surface area contributed by atoms with Gasteiger partial charge in [-0.25, -0.2) is 0 Å². The van der Waals surface area contributed by atoms with Crippen molar-refractivity contribution >= 4 is 11.4 Å². The first-order valence-corrected chi connectivity index (χ1v) is 14.3. The van der Waals surface area contributed by atoms with Crippen molar-refractivity contribution in [2.24, 2.45) is 0 Å². The highest BCUT2D eigenvalue weighted by molar-refractivity contribution is 5.47. The molecule has 0 saturated heterocycles. The van der Waals surface area contributed by atoms with Gasteiger partial charge in [0.15, 0.2) is 0 Å². The number of nitrogens with two attached hydrogens (primary N) is 2. The van der Waals surface area contributed by atoms with Gasteiger partial charge < -0.3 is 20.9 Å². The molecule has 4 N–H and O–H groups in total. The van der Waals surface area contributed by atoms with Gasteiger partial charge >= 0.3 is 0 Å². The summed E-state index contributed by atoms with van der Waals surface area (Å²) in [5.41, 5.74) is 18.4. The third kappa shape index (κ3) is 7.79. The van der Waals surface area contributed by atoms with E-state index in [-0.39, 0.29) is 0 Å². The van der Waals surface area contributed by atoms with Gasteiger partial charge in [-0.3, -0.25) is 0 Å². The highest BCUT2D eigenvalue weighted by Gasteiger charge is 2.15. The SMILES string of the molecule is CCCc1cc(CCC(CC)c2ccc(Oc3ccc(N)cc3)c(CCC)c2)ccc1Oc1ccc(N)cc1. The van der Waals surface area contributed by atoms with Crippen LogP contribution in [0.5, 0.6) is 23.0 Å². The van der Waals surface area contributed by atoms with Crippen LogP contribution in [-0.2, 0) is 19.3 Å². The molecule has 4 heteroatoms. The molecule has 1 atom stereocenters. The zero-order chi connectivity index (χ0) is 27.6. The normalized spacial score (nSPS) is 11.8. The summed E-state index contributed by atoms with van der Waals surface area (Å²) in [4.78, 5) is 0. The zero-order valence-corrected chi connectivity index (χ0v) is 23.6. The molecule has 4 nitrogen and oxygen atoms in total. The summed E-state index contributed by atoms with van der Waals surface area (Å²) < 4.78 is 12.4. The molecule has 0 heterocycles. The Kier molecular flexibility index (Phi) is 9.91. The minimum absolute atomic E-state index is 0.492. The quantitative estimate of drug-likeness (QED) is 0.172. The number of rotatable bonds is 13. The van der Waals surface area contributed by atoms with Crippen LogP contribution in [0.15, 0.2) is 84.9 Å². The van der Waals surface area contributed by atoms with E-state index in [9.17, 15) is 0 Å². The smallest absolute Gasteiger partial charge is 0.130 e. The van der Waals surface area contributed by atoms with Crippen LogP contribution in [0.2, 0.25) is 0 Å². The lowest BCUT2D eigenvalue weighted by atomic mass is 9.88. The van der Waals surface area contributed by atoms with E-state index in [1.54, 1.807) is 0 Å². The van der Waals surface area contributed by atoms with Gasteiger partial charge in [0.25, 0.3) is 0 Å². The highest BCUT2D eigenvalue weighted by atomic mass is 16.5. The lowest BCUT2D eigenvalue weighted by Crippen LogP contribution is -2.03. The largest absolute Gasteiger partial charge is 0.457 e. The van der Waals surface area contributed by atoms with Gasteiger partial charge in [-0.1, -0.05) is 57.9 Å². The summed E-state index contributed by atoms with van der Waals surface area (Å²) in [5.74, 6) is 3.98. The third-order valence-corrected chi connectivity index (χ3v) is 7.21. The fourth-order valence-electron chi connectivity index (χ4n) is 5.04. The summed E-state index contributed by atoms with van der Waals surface area (Å²) >= 11 is 0. The molecule has 0 aliphatic rings. The molecular weight excluding hydrogens is 480 g/mol. The second kappa shape index (κ2) is 13.7. The van der Waals surface area contributed by atoms with Gasteiger partial charge in [0.05, 0.1) is 0 Å². The van der Waals surface area contributed by atoms with E-state index in [0.717, 1.165) is 79.3 Å². The average Bonchev–Trinajstić information content (AvgIpc) is 2.94. The number of benzene rings is 4. The molecule has 0 saturated carbocycles. The van der Waals surface area contributed by atoms with Crippen LogP contribution in [0.4, 0.5) is 11.4 Å². The van der Waals surface area contributed by atoms with Crippen LogP contribution in [0.25, 0.3) is 0 Å². The lowest BCUT2D eigenvalue weighted by molar-refractivity contribution is 0.474. The Balaban J connectivity index is 1.47. The number of nitrogen functional groups attached to an aromatic ring is 2. The van der Waals surface area contributed by atoms with E-state index >= 15 is 0 Å². The molecule has 0 radical (unpaired) electrons. The average molecular weight is 523 g/mol. The van der Waals surface area contributed by atoms with Crippen molar-refractivity contribution in [2.45, 2.75) is 71.6 Å². The Morgan fingerprint density at radius 3 is 1.62 bits per heavy atom. The molecule has 4 rings (SSSR count). The van der Waals surface area contributed by atoms with Crippen LogP contribution < -0.4 is 20.9 Å². The first-order valence-electron chi connectivity index (χ1n) is 14.3. The first-order chi connectivity index (χ1) is 19.0. The molecule has 0 aromatic heterocycles. The van der Waals surface area contributed by atoms with Gasteiger partial charge in [0.2, 0.25) is 0 Å². The van der Waals surface area contributed by atoms with Crippen LogP contribution in [-0.4, -0.2) is 0 Å². The Morgan fingerprint density at radius 2 is 1.10 bits per heavy atom. The standard InChI is InChI=1S/C35H42N2O2/c1-4-7-28-23-25(10-21-34(28)38-32-17-13-30(36)14-18-32)9-11-26(6-3)27-12-22-35(29(24-27)8-5-2)39-33-19-15-31(37)16-20-33/h10,12-24,26H,4-9,11,36-37H2,1-3H3. The molecule has 0 aliphatic heterocycles. The fourth-order valence-corrected chi connectivity index (χ4v) is 5.04. The maximum atomic E-state index is 6.24. The van der Waals surface area contributed by atoms with Crippen molar-refractivity contribution in [3.8, 4) is 23.0 Å². The topological polar surface area (TPSA) is 70.5 Å². The van der Waals surface area contributed by atoms with Gasteiger partial charge in [0, 0.05) is 11.4 Å². The molecule has 0 amide bonds. The van der Waals surface area contributed by atoms with E-state index in [1.807, 2.05) is 48.5 Å². The lowest BCUT2D eigenvalue weighted by Gasteiger charge is -2.19. The van der Waals surface area contributed by atoms with Crippen molar-refractivity contribution < 1.29 is 9.47 Å². The van der Waals surface area contributed by atoms with Crippen LogP contribution in [0.3, 0.4) is 0 Å². The molecule has 0 aliphatic carbocycles. The van der Waals surface area contributed by atoms with Crippen molar-refractivity contribution in [2.75, 3.05) is 11.5 Å². The number of anilines is 2. The van der Waals surface area contributed by atoms with E-state index in [4.69, 9.17) is 20.9 Å². The Labute approximate surface area is 234 Å². The van der Waals surface area contributed by atoms with Crippen molar-refractivity contribution in [3.63, 3.8) is 0 Å². The van der Waals surface area contributed by atoms with Gasteiger partial charge in [-0.15, -0.1) is 0 Å². The second-order valence-corrected chi connectivity index (χ2v) is 10.3. The summed E-state index contributed by atoms with van der Waals surface area (Å²) in [7, 11) is 0. The molecule has 39 heavy (non-hydrogen) atoms. The number of ether oxygens (including phenoxy) is 2. The van der Waals surface area contributed by atoms with Crippen molar-refractivity contribution in [3.05, 3.63) is 107 Å². The van der Waals surface area contributed by atoms with Gasteiger partial charge in [0.1, 0.15) is 23.0 Å². The van der Waals surface area contributed by atoms with Crippen molar-refractivity contribution in [1.29, 1.82) is 0 Å². The van der Waals surface area contributed by atoms with Crippen molar-refractivity contribution in [1.82, 2.24) is 0 Å². The molecule has 1 unspecified atom stereocenters.